The summed E-state index contributed by atoms with van der Waals surface area (Å²) in [5.74, 6) is -1.53. The molecule has 2 aliphatic heterocycles. The zero-order chi connectivity index (χ0) is 24.6. The number of halogens is 3. The summed E-state index contributed by atoms with van der Waals surface area (Å²) in [4.78, 5) is 27.6. The molecule has 3 heterocycles. The van der Waals surface area contributed by atoms with Gasteiger partial charge in [-0.25, -0.2) is 23.1 Å². The lowest BCUT2D eigenvalue weighted by molar-refractivity contribution is -0.125. The number of nitrogens with one attached hydrogen (secondary N) is 1. The molecular weight excluding hydrogens is 463 g/mol. The van der Waals surface area contributed by atoms with E-state index in [-0.39, 0.29) is 48.2 Å². The summed E-state index contributed by atoms with van der Waals surface area (Å²) in [6.07, 6.45) is -1.24. The zero-order valence-electron chi connectivity index (χ0n) is 18.8. The Labute approximate surface area is 198 Å². The quantitative estimate of drug-likeness (QED) is 0.607. The standard InChI is InChI=1S/C24H24F3N5O3/c1-9-2-10(25)3-14(18(9)27)16-4-11(26)7-32(16)24(35)20-17-15(6-28-20)29-8-30-23(17)31-19-12-5-13(12)21(33)22(19)34/h2-3,8,11-13,16,19,21-22,33-34H,4-7H2,1H3,(H,29,30,31)/t11-,12-,13+,16+,19+,21+,22-/m0/s1. The van der Waals surface area contributed by atoms with Crippen LogP contribution in [-0.2, 0) is 11.3 Å². The average Bonchev–Trinajstić information content (AvgIpc) is 3.23. The van der Waals surface area contributed by atoms with Crippen LogP contribution in [0.1, 0.15) is 41.3 Å². The Kier molecular flexibility index (Phi) is 5.12. The number of aliphatic hydroxyl groups excluding tert-OH is 2. The predicted molar refractivity (Wildman–Crippen MR) is 118 cm³/mol. The summed E-state index contributed by atoms with van der Waals surface area (Å²) in [7, 11) is 0. The highest BCUT2D eigenvalue weighted by Crippen LogP contribution is 2.53. The summed E-state index contributed by atoms with van der Waals surface area (Å²) >= 11 is 0. The molecule has 3 fully saturated rings. The number of benzene rings is 1. The molecule has 6 rings (SSSR count). The lowest BCUT2D eigenvalue weighted by Gasteiger charge is -2.26. The molecule has 2 aliphatic carbocycles. The van der Waals surface area contributed by atoms with Crippen LogP contribution in [0, 0.1) is 30.4 Å². The fourth-order valence-corrected chi connectivity index (χ4v) is 5.85. The number of aliphatic imine (C=N–C) groups is 1. The number of fused-ring (bicyclic) bond motifs is 2. The molecule has 0 bridgehead atoms. The van der Waals surface area contributed by atoms with Crippen molar-refractivity contribution in [1.82, 2.24) is 14.9 Å². The van der Waals surface area contributed by atoms with Crippen LogP contribution in [-0.4, -0.2) is 67.7 Å². The molecule has 0 unspecified atom stereocenters. The van der Waals surface area contributed by atoms with Crippen molar-refractivity contribution >= 4 is 17.4 Å². The van der Waals surface area contributed by atoms with Crippen molar-refractivity contribution in [2.75, 3.05) is 11.9 Å². The van der Waals surface area contributed by atoms with Gasteiger partial charge in [-0.3, -0.25) is 9.79 Å². The number of carbonyl (C=O) groups is 1. The number of hydrogen-bond donors (Lipinski definition) is 3. The summed E-state index contributed by atoms with van der Waals surface area (Å²) in [5.41, 5.74) is 0.858. The van der Waals surface area contributed by atoms with E-state index in [1.54, 1.807) is 0 Å². The monoisotopic (exact) mass is 487 g/mol. The van der Waals surface area contributed by atoms with Crippen molar-refractivity contribution in [2.24, 2.45) is 16.8 Å². The van der Waals surface area contributed by atoms with Crippen LogP contribution < -0.4 is 5.32 Å². The predicted octanol–water partition coefficient (Wildman–Crippen LogP) is 1.83. The van der Waals surface area contributed by atoms with E-state index in [9.17, 15) is 28.2 Å². The second-order valence-electron chi connectivity index (χ2n) is 9.86. The van der Waals surface area contributed by atoms with E-state index in [1.807, 2.05) is 0 Å². The van der Waals surface area contributed by atoms with Gasteiger partial charge in [0.1, 0.15) is 41.8 Å². The number of aromatic nitrogens is 2. The van der Waals surface area contributed by atoms with Gasteiger partial charge in [0.2, 0.25) is 0 Å². The number of hydrogen-bond acceptors (Lipinski definition) is 7. The van der Waals surface area contributed by atoms with E-state index >= 15 is 0 Å². The SMILES string of the molecule is Cc1cc(F)cc([C@H]2C[C@H](F)CN2C(=O)C2=NCc3ncnc(N[C@H]4[C@H](O)[C@H](O)[C@@H]5C[C@@H]54)c32)c1F. The van der Waals surface area contributed by atoms with Gasteiger partial charge in [-0.15, -0.1) is 0 Å². The minimum Gasteiger partial charge on any atom is -0.390 e. The molecule has 7 atom stereocenters. The molecule has 3 N–H and O–H groups in total. The maximum absolute atomic E-state index is 14.9. The van der Waals surface area contributed by atoms with Crippen molar-refractivity contribution in [1.29, 1.82) is 0 Å². The molecule has 1 aromatic heterocycles. The molecule has 184 valence electrons. The first-order chi connectivity index (χ1) is 16.7. The molecule has 4 aliphatic rings. The highest BCUT2D eigenvalue weighted by atomic mass is 19.1. The number of aryl methyl sites for hydroxylation is 1. The molecule has 11 heteroatoms. The third kappa shape index (κ3) is 3.51. The van der Waals surface area contributed by atoms with E-state index < -0.39 is 48.0 Å². The van der Waals surface area contributed by atoms with Gasteiger partial charge < -0.3 is 20.4 Å². The molecule has 1 aromatic carbocycles. The lowest BCUT2D eigenvalue weighted by atomic mass is 10.00. The van der Waals surface area contributed by atoms with Crippen LogP contribution >= 0.6 is 0 Å². The fourth-order valence-electron chi connectivity index (χ4n) is 5.85. The summed E-state index contributed by atoms with van der Waals surface area (Å²) < 4.78 is 43.5. The normalized spacial score (nSPS) is 32.9. The minimum absolute atomic E-state index is 0.0103. The van der Waals surface area contributed by atoms with Gasteiger partial charge in [0.05, 0.1) is 42.5 Å². The second kappa shape index (κ2) is 7.99. The van der Waals surface area contributed by atoms with Gasteiger partial charge >= 0.3 is 0 Å². The molecule has 8 nitrogen and oxygen atoms in total. The van der Waals surface area contributed by atoms with Gasteiger partial charge in [-0.1, -0.05) is 0 Å². The van der Waals surface area contributed by atoms with Crippen molar-refractivity contribution in [3.63, 3.8) is 0 Å². The smallest absolute Gasteiger partial charge is 0.273 e. The highest BCUT2D eigenvalue weighted by molar-refractivity contribution is 6.47. The van der Waals surface area contributed by atoms with E-state index in [4.69, 9.17) is 0 Å². The van der Waals surface area contributed by atoms with E-state index in [0.29, 0.717) is 17.1 Å². The number of amides is 1. The minimum atomic E-state index is -1.40. The van der Waals surface area contributed by atoms with Crippen molar-refractivity contribution in [3.05, 3.63) is 52.5 Å². The van der Waals surface area contributed by atoms with Crippen LogP contribution in [0.4, 0.5) is 19.0 Å². The van der Waals surface area contributed by atoms with E-state index in [1.165, 1.54) is 18.2 Å². The van der Waals surface area contributed by atoms with Crippen molar-refractivity contribution in [3.8, 4) is 0 Å². The van der Waals surface area contributed by atoms with Crippen molar-refractivity contribution < 1.29 is 28.2 Å². The molecule has 35 heavy (non-hydrogen) atoms. The number of likely N-dealkylation sites (tertiary alicyclic amines) is 1. The zero-order valence-corrected chi connectivity index (χ0v) is 18.8. The van der Waals surface area contributed by atoms with Crippen LogP contribution in [0.5, 0.6) is 0 Å². The summed E-state index contributed by atoms with van der Waals surface area (Å²) in [6.45, 7) is 1.25. The Bertz CT molecular complexity index is 1260. The maximum Gasteiger partial charge on any atom is 0.273 e. The number of alkyl halides is 1. The first-order valence-corrected chi connectivity index (χ1v) is 11.7. The first kappa shape index (κ1) is 22.4. The summed E-state index contributed by atoms with van der Waals surface area (Å²) in [5, 5.41) is 23.7. The van der Waals surface area contributed by atoms with Gasteiger partial charge in [0.15, 0.2) is 0 Å². The van der Waals surface area contributed by atoms with Crippen LogP contribution in [0.2, 0.25) is 0 Å². The number of rotatable bonds is 4. The lowest BCUT2D eigenvalue weighted by Crippen LogP contribution is -2.40. The van der Waals surface area contributed by atoms with Crippen molar-refractivity contribution in [2.45, 2.75) is 56.8 Å². The van der Waals surface area contributed by atoms with Gasteiger partial charge in [0, 0.05) is 12.0 Å². The first-order valence-electron chi connectivity index (χ1n) is 11.7. The maximum atomic E-state index is 14.9. The van der Waals surface area contributed by atoms with Gasteiger partial charge in [-0.2, -0.15) is 0 Å². The van der Waals surface area contributed by atoms with Gasteiger partial charge in [0.25, 0.3) is 5.91 Å². The molecule has 2 aromatic rings. The molecule has 2 saturated carbocycles. The topological polar surface area (TPSA) is 111 Å². The van der Waals surface area contributed by atoms with E-state index in [2.05, 4.69) is 20.3 Å². The highest BCUT2D eigenvalue weighted by Gasteiger charge is 2.59. The summed E-state index contributed by atoms with van der Waals surface area (Å²) in [6, 6.07) is 0.631. The molecule has 0 radical (unpaired) electrons. The second-order valence-corrected chi connectivity index (χ2v) is 9.86. The molecular formula is C24H24F3N5O3. The fraction of sp³-hybridized carbons (Fsp3) is 0.500. The number of carbonyl (C=O) groups excluding carboxylic acids is 1. The Morgan fingerprint density at radius 1 is 1.14 bits per heavy atom. The Hall–Kier alpha value is -3.05. The van der Waals surface area contributed by atoms with Crippen LogP contribution in [0.15, 0.2) is 23.5 Å². The third-order valence-electron chi connectivity index (χ3n) is 7.68. The Morgan fingerprint density at radius 2 is 1.94 bits per heavy atom. The van der Waals surface area contributed by atoms with E-state index in [0.717, 1.165) is 18.6 Å². The molecule has 1 saturated heterocycles. The third-order valence-corrected chi connectivity index (χ3v) is 7.68. The van der Waals surface area contributed by atoms with Crippen LogP contribution in [0.3, 0.4) is 0 Å². The number of nitrogens with zero attached hydrogens (tertiary/aromatic N) is 4. The largest absolute Gasteiger partial charge is 0.390 e. The number of aliphatic hydroxyl groups is 2. The molecule has 0 spiro atoms. The molecule has 1 amide bonds. The number of anilines is 1. The van der Waals surface area contributed by atoms with Crippen LogP contribution in [0.25, 0.3) is 0 Å². The average molecular weight is 487 g/mol. The Balaban J connectivity index is 1.32. The Morgan fingerprint density at radius 3 is 2.69 bits per heavy atom. The van der Waals surface area contributed by atoms with Gasteiger partial charge in [-0.05, 0) is 42.9 Å².